The summed E-state index contributed by atoms with van der Waals surface area (Å²) in [5, 5.41) is 21.2. The third-order valence-electron chi connectivity index (χ3n) is 7.94. The summed E-state index contributed by atoms with van der Waals surface area (Å²) in [5.41, 5.74) is 2.77. The number of piperazine rings is 1. The van der Waals surface area contributed by atoms with Gasteiger partial charge in [-0.3, -0.25) is 14.5 Å². The van der Waals surface area contributed by atoms with Crippen LogP contribution in [0.15, 0.2) is 53.5 Å². The lowest BCUT2D eigenvalue weighted by atomic mass is 10.1. The van der Waals surface area contributed by atoms with Crippen LogP contribution >= 0.6 is 11.3 Å². The van der Waals surface area contributed by atoms with E-state index in [4.69, 9.17) is 4.98 Å². The van der Waals surface area contributed by atoms with Gasteiger partial charge in [0.2, 0.25) is 5.91 Å². The summed E-state index contributed by atoms with van der Waals surface area (Å²) in [5.74, 6) is -0.313. The van der Waals surface area contributed by atoms with Crippen LogP contribution in [0.25, 0.3) is 22.0 Å². The van der Waals surface area contributed by atoms with Crippen LogP contribution in [0.3, 0.4) is 0 Å². The van der Waals surface area contributed by atoms with Gasteiger partial charge in [-0.2, -0.15) is 5.26 Å². The Kier molecular flexibility index (Phi) is 7.40. The molecule has 0 bridgehead atoms. The summed E-state index contributed by atoms with van der Waals surface area (Å²) in [6.07, 6.45) is 1.37. The molecule has 0 spiro atoms. The third kappa shape index (κ3) is 5.22. The zero-order valence-corrected chi connectivity index (χ0v) is 24.1. The fourth-order valence-electron chi connectivity index (χ4n) is 5.45. The van der Waals surface area contributed by atoms with Crippen molar-refractivity contribution in [1.82, 2.24) is 19.4 Å². The minimum atomic E-state index is -0.402. The van der Waals surface area contributed by atoms with E-state index in [9.17, 15) is 24.3 Å². The molecule has 0 unspecified atom stereocenters. The molecular weight excluding hydrogens is 557 g/mol. The molecule has 6 rings (SSSR count). The number of β-amino-alcohol motifs (C(OH)–C–C–N with tert-alkyl or cyclic N) is 1. The van der Waals surface area contributed by atoms with Gasteiger partial charge in [0.05, 0.1) is 18.3 Å². The van der Waals surface area contributed by atoms with Crippen molar-refractivity contribution < 1.29 is 14.3 Å². The van der Waals surface area contributed by atoms with E-state index in [0.29, 0.717) is 46.3 Å². The zero-order valence-electron chi connectivity index (χ0n) is 23.3. The van der Waals surface area contributed by atoms with E-state index in [2.05, 4.69) is 15.9 Å². The lowest BCUT2D eigenvalue weighted by Gasteiger charge is -2.39. The Morgan fingerprint density at radius 3 is 2.52 bits per heavy atom. The maximum absolute atomic E-state index is 13.5. The van der Waals surface area contributed by atoms with Gasteiger partial charge in [0.25, 0.3) is 5.56 Å². The molecule has 2 aromatic heterocycles. The second-order valence-electron chi connectivity index (χ2n) is 10.7. The number of likely N-dealkylation sites (tertiary alicyclic amines) is 1. The normalized spacial score (nSPS) is 16.0. The second kappa shape index (κ2) is 11.2. The van der Waals surface area contributed by atoms with Crippen molar-refractivity contribution in [2.45, 2.75) is 6.10 Å². The molecule has 42 heavy (non-hydrogen) atoms. The molecule has 4 aromatic rings. The molecule has 2 aromatic carbocycles. The Bertz CT molecular complexity index is 1750. The maximum atomic E-state index is 13.5. The van der Waals surface area contributed by atoms with Crippen LogP contribution in [-0.2, 0) is 11.8 Å². The third-order valence-corrected chi connectivity index (χ3v) is 8.98. The fraction of sp³-hybridized carbons (Fsp3) is 0.333. The average molecular weight is 588 g/mol. The van der Waals surface area contributed by atoms with Gasteiger partial charge < -0.3 is 24.4 Å². The molecule has 2 fully saturated rings. The van der Waals surface area contributed by atoms with Gasteiger partial charge in [-0.1, -0.05) is 11.3 Å². The highest BCUT2D eigenvalue weighted by Crippen LogP contribution is 2.38. The van der Waals surface area contributed by atoms with Gasteiger partial charge in [-0.15, -0.1) is 0 Å². The number of aliphatic hydroxyl groups is 1. The molecule has 2 aliphatic rings. The van der Waals surface area contributed by atoms with Crippen LogP contribution in [0.4, 0.5) is 20.9 Å². The van der Waals surface area contributed by atoms with Crippen LogP contribution in [0.5, 0.6) is 0 Å². The van der Waals surface area contributed by atoms with Crippen LogP contribution in [0.2, 0.25) is 0 Å². The SMILES string of the molecule is CN(c1nc(-c2ccc(F)cc2)c(C#N)s1)c1cn(C)c(=O)c2ccc(N3CCN(CC(=O)N4CC(O)C4)CC3)cc12. The molecule has 10 nitrogen and oxygen atoms in total. The number of aromatic nitrogens is 2. The number of nitriles is 1. The van der Waals surface area contributed by atoms with E-state index in [1.165, 1.54) is 23.5 Å². The quantitative estimate of drug-likeness (QED) is 0.367. The summed E-state index contributed by atoms with van der Waals surface area (Å²) >= 11 is 1.24. The summed E-state index contributed by atoms with van der Waals surface area (Å²) in [6, 6.07) is 13.9. The molecule has 0 atom stereocenters. The molecule has 2 saturated heterocycles. The summed E-state index contributed by atoms with van der Waals surface area (Å²) in [6.45, 7) is 4.10. The Labute approximate surface area is 246 Å². The Morgan fingerprint density at radius 2 is 1.86 bits per heavy atom. The van der Waals surface area contributed by atoms with Gasteiger partial charge in [-0.05, 0) is 42.5 Å². The summed E-state index contributed by atoms with van der Waals surface area (Å²) in [4.78, 5) is 38.6. The predicted octanol–water partition coefficient (Wildman–Crippen LogP) is 2.77. The highest BCUT2D eigenvalue weighted by atomic mass is 32.1. The van der Waals surface area contributed by atoms with Crippen molar-refractivity contribution in [3.63, 3.8) is 0 Å². The number of thiazole rings is 1. The summed E-state index contributed by atoms with van der Waals surface area (Å²) < 4.78 is 15.0. The highest BCUT2D eigenvalue weighted by molar-refractivity contribution is 7.16. The van der Waals surface area contributed by atoms with Crippen molar-refractivity contribution in [2.75, 3.05) is 62.7 Å². The van der Waals surface area contributed by atoms with Crippen molar-refractivity contribution >= 4 is 44.5 Å². The Hall–Kier alpha value is -4.31. The molecular formula is C30H30FN7O3S. The number of halogens is 1. The van der Waals surface area contributed by atoms with E-state index in [1.54, 1.807) is 34.8 Å². The van der Waals surface area contributed by atoms with E-state index in [-0.39, 0.29) is 17.3 Å². The van der Waals surface area contributed by atoms with Crippen molar-refractivity contribution in [3.05, 3.63) is 69.7 Å². The van der Waals surface area contributed by atoms with Crippen LogP contribution in [0, 0.1) is 17.1 Å². The molecule has 12 heteroatoms. The number of rotatable bonds is 6. The Morgan fingerprint density at radius 1 is 1.14 bits per heavy atom. The van der Waals surface area contributed by atoms with Crippen molar-refractivity contribution in [1.29, 1.82) is 5.26 Å². The number of aryl methyl sites for hydroxylation is 1. The number of nitrogens with zero attached hydrogens (tertiary/aromatic N) is 7. The largest absolute Gasteiger partial charge is 0.389 e. The van der Waals surface area contributed by atoms with Crippen molar-refractivity contribution in [3.8, 4) is 17.3 Å². The number of carbonyl (C=O) groups is 1. The zero-order chi connectivity index (χ0) is 29.5. The van der Waals surface area contributed by atoms with Crippen LogP contribution < -0.4 is 15.4 Å². The van der Waals surface area contributed by atoms with Crippen LogP contribution in [0.1, 0.15) is 4.88 Å². The number of hydrogen-bond donors (Lipinski definition) is 1. The fourth-order valence-corrected chi connectivity index (χ4v) is 6.31. The minimum absolute atomic E-state index is 0.0484. The van der Waals surface area contributed by atoms with Gasteiger partial charge in [0, 0.05) is 81.6 Å². The molecule has 1 N–H and O–H groups in total. The smallest absolute Gasteiger partial charge is 0.258 e. The molecule has 0 radical (unpaired) electrons. The van der Waals surface area contributed by atoms with Crippen LogP contribution in [-0.4, -0.2) is 89.3 Å². The Balaban J connectivity index is 1.27. The van der Waals surface area contributed by atoms with E-state index in [0.717, 1.165) is 42.9 Å². The lowest BCUT2D eigenvalue weighted by Crippen LogP contribution is -2.57. The topological polar surface area (TPSA) is 109 Å². The highest BCUT2D eigenvalue weighted by Gasteiger charge is 2.30. The number of amides is 1. The number of aliphatic hydroxyl groups excluding tert-OH is 1. The van der Waals surface area contributed by atoms with E-state index >= 15 is 0 Å². The second-order valence-corrected chi connectivity index (χ2v) is 11.7. The van der Waals surface area contributed by atoms with Gasteiger partial charge in [0.15, 0.2) is 5.13 Å². The predicted molar refractivity (Wildman–Crippen MR) is 161 cm³/mol. The number of fused-ring (bicyclic) bond motifs is 1. The average Bonchev–Trinajstić information content (AvgIpc) is 3.42. The molecule has 4 heterocycles. The monoisotopic (exact) mass is 587 g/mol. The number of anilines is 3. The molecule has 0 saturated carbocycles. The van der Waals surface area contributed by atoms with Gasteiger partial charge in [0.1, 0.15) is 22.5 Å². The molecule has 0 aliphatic carbocycles. The first-order chi connectivity index (χ1) is 20.2. The van der Waals surface area contributed by atoms with E-state index < -0.39 is 6.10 Å². The maximum Gasteiger partial charge on any atom is 0.258 e. The van der Waals surface area contributed by atoms with Gasteiger partial charge in [-0.25, -0.2) is 9.37 Å². The number of pyridine rings is 1. The minimum Gasteiger partial charge on any atom is -0.389 e. The number of carbonyl (C=O) groups excluding carboxylic acids is 1. The standard InChI is InChI=1S/C30H30FN7O3S/c1-34-17-25(35(2)30-33-28(26(14-32)42-30)19-3-5-20(31)6-4-19)24-13-21(7-8-23(24)29(34)41)37-11-9-36(10-12-37)18-27(40)38-15-22(39)16-38/h3-8,13,17,22,39H,9-12,15-16,18H2,1-2H3. The summed E-state index contributed by atoms with van der Waals surface area (Å²) in [7, 11) is 3.56. The number of benzene rings is 2. The van der Waals surface area contributed by atoms with Crippen molar-refractivity contribution in [2.24, 2.45) is 7.05 Å². The molecule has 2 aliphatic heterocycles. The first-order valence-corrected chi connectivity index (χ1v) is 14.5. The number of hydrogen-bond acceptors (Lipinski definition) is 9. The first-order valence-electron chi connectivity index (χ1n) is 13.7. The lowest BCUT2D eigenvalue weighted by molar-refractivity contribution is -0.142. The van der Waals surface area contributed by atoms with E-state index in [1.807, 2.05) is 30.1 Å². The molecule has 216 valence electrons. The first kappa shape index (κ1) is 27.8. The molecule has 1 amide bonds. The van der Waals surface area contributed by atoms with Gasteiger partial charge >= 0.3 is 0 Å².